The average molecular weight is 236 g/mol. The van der Waals surface area contributed by atoms with Gasteiger partial charge in [0, 0.05) is 13.7 Å². The molecule has 4 nitrogen and oxygen atoms in total. The van der Waals surface area contributed by atoms with Gasteiger partial charge in [0.15, 0.2) is 0 Å². The third-order valence-corrected chi connectivity index (χ3v) is 2.52. The molecule has 0 saturated heterocycles. The third-order valence-electron chi connectivity index (χ3n) is 2.52. The standard InChI is InChI=1S/C13H20N2O2/c1-10-3-5-11(6-4-10)7-8-15-13(16)12(14)9-17-2/h3-6,12H,7-9,14H2,1-2H3,(H,15,16). The quantitative estimate of drug-likeness (QED) is 0.761. The molecular weight excluding hydrogens is 216 g/mol. The Kier molecular flexibility index (Phi) is 5.66. The summed E-state index contributed by atoms with van der Waals surface area (Å²) in [7, 11) is 1.53. The largest absolute Gasteiger partial charge is 0.383 e. The van der Waals surface area contributed by atoms with Crippen molar-refractivity contribution in [2.24, 2.45) is 5.73 Å². The molecular formula is C13H20N2O2. The molecule has 0 aliphatic rings. The second kappa shape index (κ2) is 7.04. The number of carbonyl (C=O) groups is 1. The molecule has 4 heteroatoms. The van der Waals surface area contributed by atoms with E-state index >= 15 is 0 Å². The Hall–Kier alpha value is -1.39. The molecule has 1 aromatic carbocycles. The Morgan fingerprint density at radius 3 is 2.65 bits per heavy atom. The van der Waals surface area contributed by atoms with Gasteiger partial charge in [0.05, 0.1) is 6.61 Å². The molecule has 1 rings (SSSR count). The molecule has 1 amide bonds. The number of benzene rings is 1. The Labute approximate surface area is 102 Å². The van der Waals surface area contributed by atoms with Crippen LogP contribution in [0.4, 0.5) is 0 Å². The van der Waals surface area contributed by atoms with Gasteiger partial charge in [-0.15, -0.1) is 0 Å². The van der Waals surface area contributed by atoms with Crippen LogP contribution in [0.3, 0.4) is 0 Å². The molecule has 0 aliphatic carbocycles. The number of rotatable bonds is 6. The van der Waals surface area contributed by atoms with E-state index in [2.05, 4.69) is 36.5 Å². The molecule has 0 saturated carbocycles. The summed E-state index contributed by atoms with van der Waals surface area (Å²) < 4.78 is 4.82. The van der Waals surface area contributed by atoms with Crippen LogP contribution in [0.5, 0.6) is 0 Å². The minimum atomic E-state index is -0.585. The van der Waals surface area contributed by atoms with Gasteiger partial charge >= 0.3 is 0 Å². The van der Waals surface area contributed by atoms with E-state index in [1.807, 2.05) is 0 Å². The number of methoxy groups -OCH3 is 1. The van der Waals surface area contributed by atoms with E-state index in [1.165, 1.54) is 18.2 Å². The summed E-state index contributed by atoms with van der Waals surface area (Å²) in [6.07, 6.45) is 0.811. The maximum absolute atomic E-state index is 11.5. The predicted molar refractivity (Wildman–Crippen MR) is 67.7 cm³/mol. The Morgan fingerprint density at radius 1 is 1.41 bits per heavy atom. The first-order chi connectivity index (χ1) is 8.13. The zero-order chi connectivity index (χ0) is 12.7. The van der Waals surface area contributed by atoms with Gasteiger partial charge < -0.3 is 15.8 Å². The van der Waals surface area contributed by atoms with Crippen LogP contribution in [-0.4, -0.2) is 32.2 Å². The first kappa shape index (κ1) is 13.7. The van der Waals surface area contributed by atoms with Gasteiger partial charge in [0.25, 0.3) is 0 Å². The minimum Gasteiger partial charge on any atom is -0.383 e. The maximum Gasteiger partial charge on any atom is 0.239 e. The molecule has 0 heterocycles. The molecule has 1 aromatic rings. The molecule has 0 radical (unpaired) electrons. The summed E-state index contributed by atoms with van der Waals surface area (Å²) in [5, 5.41) is 2.79. The number of nitrogens with one attached hydrogen (secondary N) is 1. The van der Waals surface area contributed by atoms with E-state index in [-0.39, 0.29) is 12.5 Å². The zero-order valence-electron chi connectivity index (χ0n) is 10.4. The topological polar surface area (TPSA) is 64.3 Å². The lowest BCUT2D eigenvalue weighted by Crippen LogP contribution is -2.44. The maximum atomic E-state index is 11.5. The molecule has 94 valence electrons. The van der Waals surface area contributed by atoms with Gasteiger partial charge in [0.1, 0.15) is 6.04 Å². The van der Waals surface area contributed by atoms with Crippen LogP contribution >= 0.6 is 0 Å². The SMILES string of the molecule is COCC(N)C(=O)NCCc1ccc(C)cc1. The van der Waals surface area contributed by atoms with Crippen LogP contribution in [-0.2, 0) is 16.0 Å². The first-order valence-corrected chi connectivity index (χ1v) is 5.71. The number of amides is 1. The van der Waals surface area contributed by atoms with Gasteiger partial charge in [0.2, 0.25) is 5.91 Å². The van der Waals surface area contributed by atoms with Crippen molar-refractivity contribution in [2.45, 2.75) is 19.4 Å². The lowest BCUT2D eigenvalue weighted by atomic mass is 10.1. The monoisotopic (exact) mass is 236 g/mol. The highest BCUT2D eigenvalue weighted by Crippen LogP contribution is 2.03. The summed E-state index contributed by atoms with van der Waals surface area (Å²) in [5.41, 5.74) is 8.03. The molecule has 0 aliphatic heterocycles. The number of aryl methyl sites for hydroxylation is 1. The second-order valence-corrected chi connectivity index (χ2v) is 4.09. The Morgan fingerprint density at radius 2 is 2.06 bits per heavy atom. The molecule has 0 bridgehead atoms. The number of hydrogen-bond acceptors (Lipinski definition) is 3. The Bertz CT molecular complexity index is 349. The molecule has 17 heavy (non-hydrogen) atoms. The van der Waals surface area contributed by atoms with E-state index in [0.29, 0.717) is 6.54 Å². The van der Waals surface area contributed by atoms with Crippen LogP contribution < -0.4 is 11.1 Å². The van der Waals surface area contributed by atoms with Gasteiger partial charge in [-0.25, -0.2) is 0 Å². The van der Waals surface area contributed by atoms with Crippen molar-refractivity contribution < 1.29 is 9.53 Å². The normalized spacial score (nSPS) is 12.2. The third kappa shape index (κ3) is 4.97. The fraction of sp³-hybridized carbons (Fsp3) is 0.462. The number of ether oxygens (including phenoxy) is 1. The minimum absolute atomic E-state index is 0.168. The smallest absolute Gasteiger partial charge is 0.239 e. The molecule has 1 unspecified atom stereocenters. The van der Waals surface area contributed by atoms with Crippen molar-refractivity contribution >= 4 is 5.91 Å². The number of nitrogens with two attached hydrogens (primary N) is 1. The van der Waals surface area contributed by atoms with Crippen LogP contribution in [0, 0.1) is 6.92 Å². The highest BCUT2D eigenvalue weighted by atomic mass is 16.5. The van der Waals surface area contributed by atoms with Gasteiger partial charge in [-0.2, -0.15) is 0 Å². The van der Waals surface area contributed by atoms with Gasteiger partial charge in [-0.1, -0.05) is 29.8 Å². The van der Waals surface area contributed by atoms with Gasteiger partial charge in [-0.05, 0) is 18.9 Å². The van der Waals surface area contributed by atoms with E-state index in [9.17, 15) is 4.79 Å². The lowest BCUT2D eigenvalue weighted by molar-refractivity contribution is -0.123. The van der Waals surface area contributed by atoms with Crippen molar-refractivity contribution in [3.63, 3.8) is 0 Å². The van der Waals surface area contributed by atoms with Crippen molar-refractivity contribution in [1.82, 2.24) is 5.32 Å². The van der Waals surface area contributed by atoms with Gasteiger partial charge in [-0.3, -0.25) is 4.79 Å². The fourth-order valence-corrected chi connectivity index (χ4v) is 1.47. The molecule has 3 N–H and O–H groups in total. The summed E-state index contributed by atoms with van der Waals surface area (Å²) >= 11 is 0. The number of hydrogen-bond donors (Lipinski definition) is 2. The van der Waals surface area contributed by atoms with Crippen LogP contribution in [0.2, 0.25) is 0 Å². The van der Waals surface area contributed by atoms with E-state index < -0.39 is 6.04 Å². The van der Waals surface area contributed by atoms with Crippen LogP contribution in [0.1, 0.15) is 11.1 Å². The fourth-order valence-electron chi connectivity index (χ4n) is 1.47. The van der Waals surface area contributed by atoms with Crippen molar-refractivity contribution in [3.8, 4) is 0 Å². The van der Waals surface area contributed by atoms with Crippen molar-refractivity contribution in [3.05, 3.63) is 35.4 Å². The highest BCUT2D eigenvalue weighted by molar-refractivity contribution is 5.81. The van der Waals surface area contributed by atoms with E-state index in [4.69, 9.17) is 10.5 Å². The van der Waals surface area contributed by atoms with Crippen LogP contribution in [0.15, 0.2) is 24.3 Å². The summed E-state index contributed by atoms with van der Waals surface area (Å²) in [4.78, 5) is 11.5. The van der Waals surface area contributed by atoms with Crippen molar-refractivity contribution in [1.29, 1.82) is 0 Å². The lowest BCUT2D eigenvalue weighted by Gasteiger charge is -2.11. The zero-order valence-corrected chi connectivity index (χ0v) is 10.4. The van der Waals surface area contributed by atoms with E-state index in [0.717, 1.165) is 6.42 Å². The summed E-state index contributed by atoms with van der Waals surface area (Å²) in [6.45, 7) is 2.89. The predicted octanol–water partition coefficient (Wildman–Crippen LogP) is 0.627. The summed E-state index contributed by atoms with van der Waals surface area (Å²) in [6, 6.07) is 7.67. The summed E-state index contributed by atoms with van der Waals surface area (Å²) in [5.74, 6) is -0.168. The average Bonchev–Trinajstić information content (AvgIpc) is 2.32. The first-order valence-electron chi connectivity index (χ1n) is 5.71. The van der Waals surface area contributed by atoms with Crippen molar-refractivity contribution in [2.75, 3.05) is 20.3 Å². The highest BCUT2D eigenvalue weighted by Gasteiger charge is 2.11. The molecule has 1 atom stereocenters. The number of carbonyl (C=O) groups excluding carboxylic acids is 1. The molecule has 0 spiro atoms. The molecule has 0 aromatic heterocycles. The second-order valence-electron chi connectivity index (χ2n) is 4.09. The molecule has 0 fully saturated rings. The Balaban J connectivity index is 2.28. The van der Waals surface area contributed by atoms with E-state index in [1.54, 1.807) is 0 Å². The van der Waals surface area contributed by atoms with Crippen LogP contribution in [0.25, 0.3) is 0 Å².